The van der Waals surface area contributed by atoms with Gasteiger partial charge in [0, 0.05) is 19.0 Å². The number of carbonyl (C=O) groups is 1. The van der Waals surface area contributed by atoms with Crippen LogP contribution in [0.3, 0.4) is 0 Å². The van der Waals surface area contributed by atoms with Crippen LogP contribution >= 0.6 is 0 Å². The number of amides is 1. The van der Waals surface area contributed by atoms with Crippen molar-refractivity contribution >= 4 is 5.91 Å². The summed E-state index contributed by atoms with van der Waals surface area (Å²) in [7, 11) is 0. The lowest BCUT2D eigenvalue weighted by Crippen LogP contribution is -2.40. The van der Waals surface area contributed by atoms with Gasteiger partial charge in [-0.05, 0) is 32.2 Å². The lowest BCUT2D eigenvalue weighted by molar-refractivity contribution is -0.121. The fourth-order valence-corrected chi connectivity index (χ4v) is 1.87. The third-order valence-electron chi connectivity index (χ3n) is 2.96. The molecule has 0 atom stereocenters. The van der Waals surface area contributed by atoms with E-state index < -0.39 is 0 Å². The molecule has 1 aliphatic carbocycles. The van der Waals surface area contributed by atoms with Crippen LogP contribution in [0.2, 0.25) is 0 Å². The SMILES string of the molecule is O=C(CC1=CCCNC1)NC1CCC1. The standard InChI is InChI=1S/C11H18N2O/c14-11(13-10-4-1-5-10)7-9-3-2-6-12-8-9/h3,10,12H,1-2,4-8H2,(H,13,14). The van der Waals surface area contributed by atoms with E-state index in [-0.39, 0.29) is 5.91 Å². The monoisotopic (exact) mass is 194 g/mol. The second kappa shape index (κ2) is 4.60. The summed E-state index contributed by atoms with van der Waals surface area (Å²) >= 11 is 0. The van der Waals surface area contributed by atoms with Crippen molar-refractivity contribution in [1.29, 1.82) is 0 Å². The molecule has 1 aliphatic heterocycles. The highest BCUT2D eigenvalue weighted by atomic mass is 16.1. The summed E-state index contributed by atoms with van der Waals surface area (Å²) in [4.78, 5) is 11.5. The minimum Gasteiger partial charge on any atom is -0.353 e. The lowest BCUT2D eigenvalue weighted by Gasteiger charge is -2.26. The molecular weight excluding hydrogens is 176 g/mol. The van der Waals surface area contributed by atoms with Crippen LogP contribution < -0.4 is 10.6 Å². The molecule has 1 fully saturated rings. The van der Waals surface area contributed by atoms with E-state index in [0.29, 0.717) is 12.5 Å². The maximum atomic E-state index is 11.5. The molecule has 1 saturated carbocycles. The molecule has 1 heterocycles. The van der Waals surface area contributed by atoms with Gasteiger partial charge in [-0.15, -0.1) is 0 Å². The Balaban J connectivity index is 1.72. The first-order valence-corrected chi connectivity index (χ1v) is 5.52. The molecule has 78 valence electrons. The average molecular weight is 194 g/mol. The second-order valence-electron chi connectivity index (χ2n) is 4.20. The molecule has 0 radical (unpaired) electrons. The van der Waals surface area contributed by atoms with E-state index >= 15 is 0 Å². The van der Waals surface area contributed by atoms with Crippen molar-refractivity contribution in [2.75, 3.05) is 13.1 Å². The molecule has 3 heteroatoms. The Morgan fingerprint density at radius 3 is 3.00 bits per heavy atom. The summed E-state index contributed by atoms with van der Waals surface area (Å²) < 4.78 is 0. The minimum atomic E-state index is 0.199. The van der Waals surface area contributed by atoms with Crippen LogP contribution in [-0.4, -0.2) is 25.0 Å². The van der Waals surface area contributed by atoms with Crippen molar-refractivity contribution in [2.45, 2.75) is 38.1 Å². The Bertz CT molecular complexity index is 244. The summed E-state index contributed by atoms with van der Waals surface area (Å²) in [6.07, 6.45) is 7.45. The van der Waals surface area contributed by atoms with Crippen LogP contribution in [0.15, 0.2) is 11.6 Å². The summed E-state index contributed by atoms with van der Waals surface area (Å²) in [6.45, 7) is 1.94. The largest absolute Gasteiger partial charge is 0.353 e. The highest BCUT2D eigenvalue weighted by molar-refractivity contribution is 5.79. The van der Waals surface area contributed by atoms with Crippen molar-refractivity contribution in [2.24, 2.45) is 0 Å². The molecule has 0 aromatic rings. The minimum absolute atomic E-state index is 0.199. The van der Waals surface area contributed by atoms with Crippen LogP contribution in [-0.2, 0) is 4.79 Å². The first-order chi connectivity index (χ1) is 6.84. The van der Waals surface area contributed by atoms with Gasteiger partial charge in [0.05, 0.1) is 0 Å². The fourth-order valence-electron chi connectivity index (χ4n) is 1.87. The van der Waals surface area contributed by atoms with E-state index in [0.717, 1.165) is 19.5 Å². The van der Waals surface area contributed by atoms with Gasteiger partial charge in [0.15, 0.2) is 0 Å². The van der Waals surface area contributed by atoms with E-state index in [1.807, 2.05) is 0 Å². The molecule has 2 aliphatic rings. The average Bonchev–Trinajstić information content (AvgIpc) is 2.13. The molecular formula is C11H18N2O. The van der Waals surface area contributed by atoms with Gasteiger partial charge in [0.1, 0.15) is 0 Å². The van der Waals surface area contributed by atoms with Crippen LogP contribution in [0.5, 0.6) is 0 Å². The van der Waals surface area contributed by atoms with Crippen LogP contribution in [0.25, 0.3) is 0 Å². The van der Waals surface area contributed by atoms with Gasteiger partial charge in [-0.1, -0.05) is 11.6 Å². The summed E-state index contributed by atoms with van der Waals surface area (Å²) in [5.41, 5.74) is 1.24. The summed E-state index contributed by atoms with van der Waals surface area (Å²) in [5, 5.41) is 6.33. The van der Waals surface area contributed by atoms with Gasteiger partial charge in [0.25, 0.3) is 0 Å². The molecule has 0 spiro atoms. The first kappa shape index (κ1) is 9.71. The lowest BCUT2D eigenvalue weighted by atomic mass is 9.93. The van der Waals surface area contributed by atoms with Crippen molar-refractivity contribution in [3.63, 3.8) is 0 Å². The quantitative estimate of drug-likeness (QED) is 0.657. The zero-order valence-electron chi connectivity index (χ0n) is 8.51. The predicted molar refractivity (Wildman–Crippen MR) is 56.0 cm³/mol. The van der Waals surface area contributed by atoms with E-state index in [4.69, 9.17) is 0 Å². The van der Waals surface area contributed by atoms with Gasteiger partial charge in [-0.2, -0.15) is 0 Å². The number of hydrogen-bond donors (Lipinski definition) is 2. The van der Waals surface area contributed by atoms with E-state index in [9.17, 15) is 4.79 Å². The molecule has 0 bridgehead atoms. The van der Waals surface area contributed by atoms with Crippen molar-refractivity contribution < 1.29 is 4.79 Å². The smallest absolute Gasteiger partial charge is 0.224 e. The maximum absolute atomic E-state index is 11.5. The molecule has 3 nitrogen and oxygen atoms in total. The number of carbonyl (C=O) groups excluding carboxylic acids is 1. The third kappa shape index (κ3) is 2.58. The van der Waals surface area contributed by atoms with Gasteiger partial charge < -0.3 is 10.6 Å². The Morgan fingerprint density at radius 2 is 2.43 bits per heavy atom. The Hall–Kier alpha value is -0.830. The highest BCUT2D eigenvalue weighted by Crippen LogP contribution is 2.18. The second-order valence-corrected chi connectivity index (χ2v) is 4.20. The number of hydrogen-bond acceptors (Lipinski definition) is 2. The third-order valence-corrected chi connectivity index (χ3v) is 2.96. The van der Waals surface area contributed by atoms with E-state index in [1.54, 1.807) is 0 Å². The van der Waals surface area contributed by atoms with Crippen molar-refractivity contribution in [1.82, 2.24) is 10.6 Å². The van der Waals surface area contributed by atoms with E-state index in [2.05, 4.69) is 16.7 Å². The molecule has 1 amide bonds. The van der Waals surface area contributed by atoms with Crippen molar-refractivity contribution in [3.8, 4) is 0 Å². The van der Waals surface area contributed by atoms with Gasteiger partial charge in [-0.25, -0.2) is 0 Å². The Kier molecular flexibility index (Phi) is 3.19. The fraction of sp³-hybridized carbons (Fsp3) is 0.727. The van der Waals surface area contributed by atoms with E-state index in [1.165, 1.54) is 24.8 Å². The molecule has 2 rings (SSSR count). The Morgan fingerprint density at radius 1 is 1.57 bits per heavy atom. The first-order valence-electron chi connectivity index (χ1n) is 5.52. The number of nitrogens with one attached hydrogen (secondary N) is 2. The van der Waals surface area contributed by atoms with Crippen LogP contribution in [0, 0.1) is 0 Å². The Labute approximate surface area is 84.9 Å². The van der Waals surface area contributed by atoms with Crippen molar-refractivity contribution in [3.05, 3.63) is 11.6 Å². The molecule has 14 heavy (non-hydrogen) atoms. The zero-order valence-corrected chi connectivity index (χ0v) is 8.51. The molecule has 0 aromatic heterocycles. The van der Waals surface area contributed by atoms with Gasteiger partial charge in [0.2, 0.25) is 5.91 Å². The summed E-state index contributed by atoms with van der Waals surface area (Å²) in [6, 6.07) is 0.472. The number of rotatable bonds is 3. The summed E-state index contributed by atoms with van der Waals surface area (Å²) in [5.74, 6) is 0.199. The van der Waals surface area contributed by atoms with Gasteiger partial charge >= 0.3 is 0 Å². The predicted octanol–water partition coefficient (Wildman–Crippen LogP) is 0.965. The topological polar surface area (TPSA) is 41.1 Å². The highest BCUT2D eigenvalue weighted by Gasteiger charge is 2.19. The normalized spacial score (nSPS) is 22.4. The maximum Gasteiger partial charge on any atom is 0.224 e. The molecule has 0 aromatic carbocycles. The van der Waals surface area contributed by atoms with Crippen LogP contribution in [0.4, 0.5) is 0 Å². The molecule has 0 unspecified atom stereocenters. The van der Waals surface area contributed by atoms with Crippen LogP contribution in [0.1, 0.15) is 32.1 Å². The molecule has 2 N–H and O–H groups in total. The zero-order chi connectivity index (χ0) is 9.80. The van der Waals surface area contributed by atoms with Gasteiger partial charge in [-0.3, -0.25) is 4.79 Å². The molecule has 0 saturated heterocycles.